The molecule has 1 aromatic carbocycles. The molecule has 0 saturated carbocycles. The highest BCUT2D eigenvalue weighted by Gasteiger charge is 2.30. The van der Waals surface area contributed by atoms with E-state index in [1.54, 1.807) is 6.07 Å². The highest BCUT2D eigenvalue weighted by molar-refractivity contribution is 7.89. The van der Waals surface area contributed by atoms with Gasteiger partial charge < -0.3 is 4.42 Å². The van der Waals surface area contributed by atoms with Crippen molar-refractivity contribution < 1.29 is 26.0 Å². The van der Waals surface area contributed by atoms with E-state index in [9.17, 15) is 21.6 Å². The number of halogens is 3. The van der Waals surface area contributed by atoms with Crippen LogP contribution in [0, 0.1) is 0 Å². The molecule has 0 saturated heterocycles. The molecule has 0 aliphatic carbocycles. The molecule has 1 N–H and O–H groups in total. The van der Waals surface area contributed by atoms with Crippen LogP contribution in [0.1, 0.15) is 11.1 Å². The molecular weight excluding hydrogens is 307 g/mol. The summed E-state index contributed by atoms with van der Waals surface area (Å²) in [7, 11) is -3.82. The van der Waals surface area contributed by atoms with Gasteiger partial charge in [0.15, 0.2) is 0 Å². The third kappa shape index (κ3) is 4.08. The smallest absolute Gasteiger partial charge is 0.416 e. The van der Waals surface area contributed by atoms with Gasteiger partial charge >= 0.3 is 6.18 Å². The summed E-state index contributed by atoms with van der Waals surface area (Å²) in [6.45, 7) is 0.128. The van der Waals surface area contributed by atoms with Gasteiger partial charge in [-0.15, -0.1) is 0 Å². The third-order valence-electron chi connectivity index (χ3n) is 2.78. The molecule has 1 heterocycles. The molecule has 0 radical (unpaired) electrons. The molecule has 21 heavy (non-hydrogen) atoms. The Kier molecular flexibility index (Phi) is 4.38. The molecule has 1 aromatic heterocycles. The van der Waals surface area contributed by atoms with Gasteiger partial charge in [0.05, 0.1) is 23.0 Å². The molecule has 2 aromatic rings. The van der Waals surface area contributed by atoms with E-state index in [4.69, 9.17) is 4.42 Å². The van der Waals surface area contributed by atoms with Crippen LogP contribution in [-0.4, -0.2) is 15.0 Å². The van der Waals surface area contributed by atoms with Crippen molar-refractivity contribution in [2.75, 3.05) is 6.54 Å². The third-order valence-corrected chi connectivity index (χ3v) is 4.25. The van der Waals surface area contributed by atoms with Crippen molar-refractivity contribution in [3.8, 4) is 0 Å². The summed E-state index contributed by atoms with van der Waals surface area (Å²) in [6, 6.07) is 5.05. The summed E-state index contributed by atoms with van der Waals surface area (Å²) in [5, 5.41) is 0. The number of hydrogen-bond acceptors (Lipinski definition) is 3. The zero-order valence-corrected chi connectivity index (χ0v) is 11.5. The van der Waals surface area contributed by atoms with E-state index in [-0.39, 0.29) is 11.4 Å². The summed E-state index contributed by atoms with van der Waals surface area (Å²) in [5.41, 5.74) is -0.0648. The van der Waals surface area contributed by atoms with E-state index in [2.05, 4.69) is 4.72 Å². The normalized spacial score (nSPS) is 12.5. The standard InChI is InChI=1S/C13H12F3NO3S/c14-13(15,16)11-1-3-12(4-2-11)21(18,19)17-7-5-10-6-8-20-9-10/h1-4,6,8-9,17H,5,7H2. The number of rotatable bonds is 5. The minimum absolute atomic E-state index is 0.128. The molecule has 0 unspecified atom stereocenters. The fourth-order valence-corrected chi connectivity index (χ4v) is 2.70. The van der Waals surface area contributed by atoms with Crippen LogP contribution in [0.15, 0.2) is 52.2 Å². The monoisotopic (exact) mass is 319 g/mol. The first-order valence-corrected chi connectivity index (χ1v) is 7.45. The molecule has 0 spiro atoms. The quantitative estimate of drug-likeness (QED) is 0.922. The Morgan fingerprint density at radius 2 is 1.76 bits per heavy atom. The Bertz CT molecular complexity index is 676. The highest BCUT2D eigenvalue weighted by Crippen LogP contribution is 2.29. The molecule has 2 rings (SSSR count). The minimum Gasteiger partial charge on any atom is -0.472 e. The number of hydrogen-bond donors (Lipinski definition) is 1. The summed E-state index contributed by atoms with van der Waals surface area (Å²) in [5.74, 6) is 0. The Morgan fingerprint density at radius 3 is 2.29 bits per heavy atom. The maximum Gasteiger partial charge on any atom is 0.416 e. The van der Waals surface area contributed by atoms with Crippen LogP contribution in [0.3, 0.4) is 0 Å². The lowest BCUT2D eigenvalue weighted by molar-refractivity contribution is -0.137. The van der Waals surface area contributed by atoms with Gasteiger partial charge in [-0.2, -0.15) is 13.2 Å². The van der Waals surface area contributed by atoms with E-state index in [1.165, 1.54) is 12.5 Å². The predicted molar refractivity (Wildman–Crippen MR) is 69.0 cm³/mol. The molecule has 4 nitrogen and oxygen atoms in total. The summed E-state index contributed by atoms with van der Waals surface area (Å²) in [6.07, 6.45) is -1.10. The number of furan rings is 1. The number of nitrogens with one attached hydrogen (secondary N) is 1. The van der Waals surface area contributed by atoms with Crippen molar-refractivity contribution in [1.29, 1.82) is 0 Å². The molecule has 114 valence electrons. The van der Waals surface area contributed by atoms with E-state index < -0.39 is 21.8 Å². The van der Waals surface area contributed by atoms with E-state index in [1.807, 2.05) is 0 Å². The van der Waals surface area contributed by atoms with Crippen LogP contribution >= 0.6 is 0 Å². The maximum absolute atomic E-state index is 12.4. The summed E-state index contributed by atoms with van der Waals surface area (Å²) in [4.78, 5) is -0.206. The number of alkyl halides is 3. The average molecular weight is 319 g/mol. The number of benzene rings is 1. The van der Waals surface area contributed by atoms with Crippen LogP contribution in [0.4, 0.5) is 13.2 Å². The van der Waals surface area contributed by atoms with Crippen molar-refractivity contribution in [2.24, 2.45) is 0 Å². The van der Waals surface area contributed by atoms with E-state index in [0.29, 0.717) is 6.42 Å². The van der Waals surface area contributed by atoms with Crippen molar-refractivity contribution >= 4 is 10.0 Å². The molecule has 0 amide bonds. The van der Waals surface area contributed by atoms with Crippen molar-refractivity contribution in [3.63, 3.8) is 0 Å². The molecule has 0 atom stereocenters. The van der Waals surface area contributed by atoms with Crippen molar-refractivity contribution in [2.45, 2.75) is 17.5 Å². The average Bonchev–Trinajstić information content (AvgIpc) is 2.91. The van der Waals surface area contributed by atoms with E-state index >= 15 is 0 Å². The Labute approximate surface area is 119 Å². The van der Waals surface area contributed by atoms with Crippen LogP contribution in [-0.2, 0) is 22.6 Å². The Hall–Kier alpha value is -1.80. The van der Waals surface area contributed by atoms with Gasteiger partial charge in [0.25, 0.3) is 0 Å². The first kappa shape index (κ1) is 15.6. The Balaban J connectivity index is 2.02. The fraction of sp³-hybridized carbons (Fsp3) is 0.231. The molecule has 8 heteroatoms. The molecular formula is C13H12F3NO3S. The van der Waals surface area contributed by atoms with Crippen molar-refractivity contribution in [1.82, 2.24) is 4.72 Å². The minimum atomic E-state index is -4.49. The summed E-state index contributed by atoms with van der Waals surface area (Å²) < 4.78 is 68.2. The maximum atomic E-state index is 12.4. The lowest BCUT2D eigenvalue weighted by Crippen LogP contribution is -2.26. The molecule has 0 bridgehead atoms. The lowest BCUT2D eigenvalue weighted by atomic mass is 10.2. The number of sulfonamides is 1. The van der Waals surface area contributed by atoms with Gasteiger partial charge in [-0.1, -0.05) is 0 Å². The van der Waals surface area contributed by atoms with Crippen LogP contribution in [0.5, 0.6) is 0 Å². The largest absolute Gasteiger partial charge is 0.472 e. The van der Waals surface area contributed by atoms with Gasteiger partial charge in [0.1, 0.15) is 0 Å². The van der Waals surface area contributed by atoms with Crippen LogP contribution < -0.4 is 4.72 Å². The van der Waals surface area contributed by atoms with Gasteiger partial charge in [-0.05, 0) is 42.3 Å². The second kappa shape index (κ2) is 5.90. The molecule has 0 aliphatic rings. The topological polar surface area (TPSA) is 59.3 Å². The zero-order chi connectivity index (χ0) is 15.5. The van der Waals surface area contributed by atoms with Gasteiger partial charge in [-0.25, -0.2) is 13.1 Å². The van der Waals surface area contributed by atoms with Crippen LogP contribution in [0.2, 0.25) is 0 Å². The SMILES string of the molecule is O=S(=O)(NCCc1ccoc1)c1ccc(C(F)(F)F)cc1. The van der Waals surface area contributed by atoms with E-state index in [0.717, 1.165) is 29.8 Å². The van der Waals surface area contributed by atoms with Gasteiger partial charge in [0, 0.05) is 6.54 Å². The predicted octanol–water partition coefficient (Wildman–Crippen LogP) is 2.82. The zero-order valence-electron chi connectivity index (χ0n) is 10.7. The molecule has 0 aliphatic heterocycles. The van der Waals surface area contributed by atoms with Gasteiger partial charge in [0.2, 0.25) is 10.0 Å². The van der Waals surface area contributed by atoms with Gasteiger partial charge in [-0.3, -0.25) is 0 Å². The fourth-order valence-electron chi connectivity index (χ4n) is 1.67. The summed E-state index contributed by atoms with van der Waals surface area (Å²) >= 11 is 0. The second-order valence-corrected chi connectivity index (χ2v) is 6.07. The Morgan fingerprint density at radius 1 is 1.10 bits per heavy atom. The lowest BCUT2D eigenvalue weighted by Gasteiger charge is -2.09. The molecule has 0 fully saturated rings. The van der Waals surface area contributed by atoms with Crippen molar-refractivity contribution in [3.05, 3.63) is 54.0 Å². The first-order chi connectivity index (χ1) is 9.79. The van der Waals surface area contributed by atoms with Crippen LogP contribution in [0.25, 0.3) is 0 Å². The highest BCUT2D eigenvalue weighted by atomic mass is 32.2. The first-order valence-electron chi connectivity index (χ1n) is 5.97. The second-order valence-electron chi connectivity index (χ2n) is 4.30.